The van der Waals surface area contributed by atoms with Crippen LogP contribution in [0.25, 0.3) is 0 Å². The van der Waals surface area contributed by atoms with Crippen molar-refractivity contribution in [2.45, 2.75) is 19.9 Å². The highest BCUT2D eigenvalue weighted by atomic mass is 19.1. The van der Waals surface area contributed by atoms with Gasteiger partial charge in [0.05, 0.1) is 17.8 Å². The van der Waals surface area contributed by atoms with Crippen molar-refractivity contribution in [3.63, 3.8) is 0 Å². The monoisotopic (exact) mass is 287 g/mol. The maximum atomic E-state index is 13.3. The first-order valence-electron chi connectivity index (χ1n) is 6.87. The van der Waals surface area contributed by atoms with Crippen molar-refractivity contribution in [2.75, 3.05) is 11.9 Å². The summed E-state index contributed by atoms with van der Waals surface area (Å²) in [6, 6.07) is 10.6. The van der Waals surface area contributed by atoms with Gasteiger partial charge in [-0.3, -0.25) is 4.79 Å². The maximum Gasteiger partial charge on any atom is 0.255 e. The smallest absolute Gasteiger partial charge is 0.255 e. The third-order valence-electron chi connectivity index (χ3n) is 3.09. The zero-order chi connectivity index (χ0) is 15.2. The SMILES string of the molecule is CCNc1ncc(F)cc1C(=O)NC(C)c1ccccc1. The van der Waals surface area contributed by atoms with Gasteiger partial charge in [0.15, 0.2) is 0 Å². The predicted octanol–water partition coefficient (Wildman–Crippen LogP) is 3.14. The molecule has 1 heterocycles. The molecule has 0 spiro atoms. The van der Waals surface area contributed by atoms with Crippen molar-refractivity contribution in [2.24, 2.45) is 0 Å². The molecule has 1 aromatic heterocycles. The molecule has 1 amide bonds. The van der Waals surface area contributed by atoms with E-state index in [4.69, 9.17) is 0 Å². The Morgan fingerprint density at radius 3 is 2.71 bits per heavy atom. The minimum absolute atomic E-state index is 0.170. The van der Waals surface area contributed by atoms with E-state index in [0.717, 1.165) is 11.8 Å². The van der Waals surface area contributed by atoms with Crippen molar-refractivity contribution < 1.29 is 9.18 Å². The van der Waals surface area contributed by atoms with E-state index in [1.807, 2.05) is 44.2 Å². The number of pyridine rings is 1. The van der Waals surface area contributed by atoms with Gasteiger partial charge in [0, 0.05) is 6.54 Å². The van der Waals surface area contributed by atoms with Gasteiger partial charge in [-0.05, 0) is 25.5 Å². The van der Waals surface area contributed by atoms with E-state index in [1.54, 1.807) is 0 Å². The van der Waals surface area contributed by atoms with E-state index in [2.05, 4.69) is 15.6 Å². The molecular formula is C16H18FN3O. The van der Waals surface area contributed by atoms with E-state index in [-0.39, 0.29) is 17.5 Å². The lowest BCUT2D eigenvalue weighted by Crippen LogP contribution is -2.27. The minimum atomic E-state index is -0.533. The Hall–Kier alpha value is -2.43. The fourth-order valence-corrected chi connectivity index (χ4v) is 2.02. The average Bonchev–Trinajstić information content (AvgIpc) is 2.50. The Labute approximate surface area is 123 Å². The summed E-state index contributed by atoms with van der Waals surface area (Å²) in [5.41, 5.74) is 1.19. The van der Waals surface area contributed by atoms with Crippen molar-refractivity contribution in [1.82, 2.24) is 10.3 Å². The Kier molecular flexibility index (Phi) is 4.87. The first-order chi connectivity index (χ1) is 10.1. The number of carbonyl (C=O) groups excluding carboxylic acids is 1. The Morgan fingerprint density at radius 2 is 2.05 bits per heavy atom. The van der Waals surface area contributed by atoms with Gasteiger partial charge >= 0.3 is 0 Å². The molecule has 1 aromatic carbocycles. The summed E-state index contributed by atoms with van der Waals surface area (Å²) in [7, 11) is 0. The highest BCUT2D eigenvalue weighted by Gasteiger charge is 2.16. The number of carbonyl (C=O) groups is 1. The lowest BCUT2D eigenvalue weighted by molar-refractivity contribution is 0.0940. The van der Waals surface area contributed by atoms with Gasteiger partial charge in [-0.2, -0.15) is 0 Å². The van der Waals surface area contributed by atoms with Crippen LogP contribution in [-0.4, -0.2) is 17.4 Å². The van der Waals surface area contributed by atoms with Crippen LogP contribution in [0.2, 0.25) is 0 Å². The molecule has 2 aromatic rings. The molecule has 2 N–H and O–H groups in total. The first-order valence-corrected chi connectivity index (χ1v) is 6.87. The molecule has 0 bridgehead atoms. The minimum Gasteiger partial charge on any atom is -0.370 e. The molecular weight excluding hydrogens is 269 g/mol. The van der Waals surface area contributed by atoms with Crippen LogP contribution in [0.1, 0.15) is 35.8 Å². The predicted molar refractivity (Wildman–Crippen MR) is 80.7 cm³/mol. The molecule has 0 aliphatic heterocycles. The van der Waals surface area contributed by atoms with E-state index in [1.165, 1.54) is 6.07 Å². The summed E-state index contributed by atoms with van der Waals surface area (Å²) in [4.78, 5) is 16.2. The summed E-state index contributed by atoms with van der Waals surface area (Å²) in [6.45, 7) is 4.37. The zero-order valence-electron chi connectivity index (χ0n) is 12.1. The molecule has 110 valence electrons. The molecule has 0 aliphatic carbocycles. The van der Waals surface area contributed by atoms with Gasteiger partial charge in [0.25, 0.3) is 5.91 Å². The molecule has 0 saturated carbocycles. The lowest BCUT2D eigenvalue weighted by Gasteiger charge is -2.16. The molecule has 0 fully saturated rings. The van der Waals surface area contributed by atoms with Crippen molar-refractivity contribution >= 4 is 11.7 Å². The van der Waals surface area contributed by atoms with Crippen LogP contribution in [0.5, 0.6) is 0 Å². The topological polar surface area (TPSA) is 54.0 Å². The van der Waals surface area contributed by atoms with E-state index >= 15 is 0 Å². The number of nitrogens with one attached hydrogen (secondary N) is 2. The van der Waals surface area contributed by atoms with Crippen LogP contribution in [-0.2, 0) is 0 Å². The number of amides is 1. The van der Waals surface area contributed by atoms with Gasteiger partial charge in [0.1, 0.15) is 11.6 Å². The van der Waals surface area contributed by atoms with Crippen molar-refractivity contribution in [3.8, 4) is 0 Å². The highest BCUT2D eigenvalue weighted by Crippen LogP contribution is 2.16. The number of aromatic nitrogens is 1. The van der Waals surface area contributed by atoms with Crippen LogP contribution in [0.15, 0.2) is 42.6 Å². The summed E-state index contributed by atoms with van der Waals surface area (Å²) in [5.74, 6) is -0.500. The van der Waals surface area contributed by atoms with Gasteiger partial charge in [-0.1, -0.05) is 30.3 Å². The fraction of sp³-hybridized carbons (Fsp3) is 0.250. The lowest BCUT2D eigenvalue weighted by atomic mass is 10.1. The largest absolute Gasteiger partial charge is 0.370 e. The van der Waals surface area contributed by atoms with Crippen molar-refractivity contribution in [3.05, 3.63) is 59.5 Å². The molecule has 5 heteroatoms. The van der Waals surface area contributed by atoms with Gasteiger partial charge in [0.2, 0.25) is 0 Å². The molecule has 0 aliphatic rings. The molecule has 1 unspecified atom stereocenters. The van der Waals surface area contributed by atoms with Crippen LogP contribution in [0, 0.1) is 5.82 Å². The third-order valence-corrected chi connectivity index (χ3v) is 3.09. The fourth-order valence-electron chi connectivity index (χ4n) is 2.02. The Balaban J connectivity index is 2.18. The quantitative estimate of drug-likeness (QED) is 0.888. The Bertz CT molecular complexity index is 616. The number of hydrogen-bond donors (Lipinski definition) is 2. The second-order valence-electron chi connectivity index (χ2n) is 4.69. The normalized spacial score (nSPS) is 11.8. The maximum absolute atomic E-state index is 13.3. The standard InChI is InChI=1S/C16H18FN3O/c1-3-18-15-14(9-13(17)10-19-15)16(21)20-11(2)12-7-5-4-6-8-12/h4-11H,3H2,1-2H3,(H,18,19)(H,20,21). The van der Waals surface area contributed by atoms with E-state index in [0.29, 0.717) is 12.4 Å². The van der Waals surface area contributed by atoms with Gasteiger partial charge < -0.3 is 10.6 Å². The summed E-state index contributed by atoms with van der Waals surface area (Å²) < 4.78 is 13.3. The number of anilines is 1. The molecule has 21 heavy (non-hydrogen) atoms. The molecule has 4 nitrogen and oxygen atoms in total. The Morgan fingerprint density at radius 1 is 1.33 bits per heavy atom. The number of halogens is 1. The van der Waals surface area contributed by atoms with Crippen molar-refractivity contribution in [1.29, 1.82) is 0 Å². The highest BCUT2D eigenvalue weighted by molar-refractivity contribution is 5.98. The summed E-state index contributed by atoms with van der Waals surface area (Å²) >= 11 is 0. The van der Waals surface area contributed by atoms with Crippen LogP contribution in [0.4, 0.5) is 10.2 Å². The van der Waals surface area contributed by atoms with Gasteiger partial charge in [-0.15, -0.1) is 0 Å². The number of benzene rings is 1. The van der Waals surface area contributed by atoms with Crippen LogP contribution in [0.3, 0.4) is 0 Å². The molecule has 1 atom stereocenters. The van der Waals surface area contributed by atoms with Crippen LogP contribution >= 0.6 is 0 Å². The third kappa shape index (κ3) is 3.78. The number of nitrogens with zero attached hydrogens (tertiary/aromatic N) is 1. The number of hydrogen-bond acceptors (Lipinski definition) is 3. The second kappa shape index (κ2) is 6.83. The molecule has 2 rings (SSSR count). The molecule has 0 saturated heterocycles. The van der Waals surface area contributed by atoms with E-state index < -0.39 is 5.82 Å². The number of rotatable bonds is 5. The van der Waals surface area contributed by atoms with Crippen LogP contribution < -0.4 is 10.6 Å². The zero-order valence-corrected chi connectivity index (χ0v) is 12.1. The summed E-state index contributed by atoms with van der Waals surface area (Å²) in [5, 5.41) is 5.81. The summed E-state index contributed by atoms with van der Waals surface area (Å²) in [6.07, 6.45) is 1.09. The average molecular weight is 287 g/mol. The van der Waals surface area contributed by atoms with Gasteiger partial charge in [-0.25, -0.2) is 9.37 Å². The second-order valence-corrected chi connectivity index (χ2v) is 4.69. The van der Waals surface area contributed by atoms with E-state index in [9.17, 15) is 9.18 Å². The molecule has 0 radical (unpaired) electrons. The first kappa shape index (κ1) is 15.0.